The SMILES string of the molecule is CCCC(O)[C@@H](C)CCC1CC2CC(C/C=C(\C)CC/C=C/C=C3\COC4C(OO)C(C)=C[C@@H](C(=O)O2)C34O)O1. The lowest BCUT2D eigenvalue weighted by Gasteiger charge is -2.42. The van der Waals surface area contributed by atoms with E-state index in [9.17, 15) is 20.3 Å². The van der Waals surface area contributed by atoms with Gasteiger partial charge in [0.2, 0.25) is 0 Å². The summed E-state index contributed by atoms with van der Waals surface area (Å²) < 4.78 is 18.5. The van der Waals surface area contributed by atoms with Gasteiger partial charge >= 0.3 is 5.97 Å². The molecular weight excluding hydrogens is 512 g/mol. The summed E-state index contributed by atoms with van der Waals surface area (Å²) >= 11 is 0. The molecule has 1 aliphatic carbocycles. The number of carbonyl (C=O) groups excluding carboxylic acids is 1. The van der Waals surface area contributed by atoms with E-state index in [4.69, 9.17) is 19.1 Å². The topological polar surface area (TPSA) is 115 Å². The predicted molar refractivity (Wildman–Crippen MR) is 151 cm³/mol. The minimum absolute atomic E-state index is 0.0808. The quantitative estimate of drug-likeness (QED) is 0.169. The molecule has 0 amide bonds. The van der Waals surface area contributed by atoms with E-state index in [1.807, 2.05) is 18.2 Å². The number of fused-ring (bicyclic) bond motifs is 2. The number of aliphatic hydroxyl groups is 2. The normalized spacial score (nSPS) is 40.0. The Kier molecular flexibility index (Phi) is 10.8. The van der Waals surface area contributed by atoms with E-state index in [-0.39, 0.29) is 36.9 Å². The maximum Gasteiger partial charge on any atom is 0.316 e. The second kappa shape index (κ2) is 13.9. The first-order valence-electron chi connectivity index (χ1n) is 15.1. The third kappa shape index (κ3) is 6.97. The van der Waals surface area contributed by atoms with Gasteiger partial charge in [0, 0.05) is 12.8 Å². The summed E-state index contributed by atoms with van der Waals surface area (Å²) in [4.78, 5) is 18.5. The van der Waals surface area contributed by atoms with E-state index in [2.05, 4.69) is 26.8 Å². The molecule has 3 aliphatic heterocycles. The molecule has 2 saturated heterocycles. The maximum atomic E-state index is 13.8. The van der Waals surface area contributed by atoms with Gasteiger partial charge in [0.1, 0.15) is 29.8 Å². The van der Waals surface area contributed by atoms with Crippen LogP contribution in [-0.4, -0.2) is 70.3 Å². The summed E-state index contributed by atoms with van der Waals surface area (Å²) in [5, 5.41) is 32.0. The Morgan fingerprint density at radius 1 is 1.20 bits per heavy atom. The van der Waals surface area contributed by atoms with Crippen LogP contribution < -0.4 is 0 Å². The molecule has 0 radical (unpaired) electrons. The molecule has 4 aliphatic rings. The number of hydrogen-bond donors (Lipinski definition) is 3. The Balaban J connectivity index is 1.60. The van der Waals surface area contributed by atoms with E-state index in [1.165, 1.54) is 5.57 Å². The molecule has 0 aromatic carbocycles. The number of hydrogen-bond acceptors (Lipinski definition) is 8. The average molecular weight is 561 g/mol. The summed E-state index contributed by atoms with van der Waals surface area (Å²) in [6.45, 7) is 8.15. The number of carbonyl (C=O) groups is 1. The van der Waals surface area contributed by atoms with Gasteiger partial charge in [0.05, 0.1) is 24.9 Å². The van der Waals surface area contributed by atoms with Crippen molar-refractivity contribution in [2.45, 2.75) is 128 Å². The van der Waals surface area contributed by atoms with Crippen LogP contribution in [0.25, 0.3) is 0 Å². The molecule has 0 aromatic heterocycles. The van der Waals surface area contributed by atoms with Crippen LogP contribution in [0.3, 0.4) is 0 Å². The van der Waals surface area contributed by atoms with Crippen molar-refractivity contribution in [1.29, 1.82) is 0 Å². The summed E-state index contributed by atoms with van der Waals surface area (Å²) in [7, 11) is 0. The molecule has 4 rings (SSSR count). The van der Waals surface area contributed by atoms with Crippen molar-refractivity contribution in [2.24, 2.45) is 11.8 Å². The predicted octanol–water partition coefficient (Wildman–Crippen LogP) is 5.20. The summed E-state index contributed by atoms with van der Waals surface area (Å²) in [6, 6.07) is 0. The third-order valence-corrected chi connectivity index (χ3v) is 9.13. The van der Waals surface area contributed by atoms with Gasteiger partial charge in [-0.05, 0) is 69.4 Å². The van der Waals surface area contributed by atoms with Crippen molar-refractivity contribution in [3.05, 3.63) is 47.1 Å². The number of rotatable bonds is 7. The summed E-state index contributed by atoms with van der Waals surface area (Å²) in [5.74, 6) is -1.34. The van der Waals surface area contributed by atoms with Crippen LogP contribution in [-0.2, 0) is 23.9 Å². The smallest absolute Gasteiger partial charge is 0.316 e. The molecule has 9 atom stereocenters. The van der Waals surface area contributed by atoms with E-state index in [1.54, 1.807) is 13.0 Å². The monoisotopic (exact) mass is 560 g/mol. The van der Waals surface area contributed by atoms with Gasteiger partial charge in [0.15, 0.2) is 0 Å². The second-order valence-electron chi connectivity index (χ2n) is 12.2. The Labute approximate surface area is 238 Å². The zero-order valence-corrected chi connectivity index (χ0v) is 24.5. The molecule has 0 spiro atoms. The molecule has 2 fully saturated rings. The van der Waals surface area contributed by atoms with Crippen LogP contribution in [0.15, 0.2) is 47.1 Å². The number of allylic oxidation sites excluding steroid dienone is 4. The van der Waals surface area contributed by atoms with Crippen LogP contribution in [0.4, 0.5) is 0 Å². The fourth-order valence-corrected chi connectivity index (χ4v) is 6.58. The molecule has 2 bridgehead atoms. The zero-order chi connectivity index (χ0) is 28.9. The highest BCUT2D eigenvalue weighted by Crippen LogP contribution is 2.46. The van der Waals surface area contributed by atoms with Crippen LogP contribution in [0.1, 0.15) is 85.5 Å². The third-order valence-electron chi connectivity index (χ3n) is 9.13. The van der Waals surface area contributed by atoms with E-state index in [0.717, 1.165) is 44.9 Å². The molecule has 0 aromatic rings. The first-order chi connectivity index (χ1) is 19.2. The highest BCUT2D eigenvalue weighted by Gasteiger charge is 2.60. The largest absolute Gasteiger partial charge is 0.462 e. The Morgan fingerprint density at radius 3 is 2.75 bits per heavy atom. The van der Waals surface area contributed by atoms with Crippen molar-refractivity contribution in [1.82, 2.24) is 0 Å². The number of aliphatic hydroxyl groups excluding tert-OH is 1. The van der Waals surface area contributed by atoms with Crippen molar-refractivity contribution < 1.29 is 39.4 Å². The Bertz CT molecular complexity index is 999. The lowest BCUT2D eigenvalue weighted by atomic mass is 9.71. The molecule has 224 valence electrons. The lowest BCUT2D eigenvalue weighted by Crippen LogP contribution is -2.58. The van der Waals surface area contributed by atoms with Crippen molar-refractivity contribution in [3.63, 3.8) is 0 Å². The number of ether oxygens (including phenoxy) is 3. The van der Waals surface area contributed by atoms with Gasteiger partial charge in [-0.2, -0.15) is 0 Å². The molecule has 8 nitrogen and oxygen atoms in total. The highest BCUT2D eigenvalue weighted by atomic mass is 17.1. The van der Waals surface area contributed by atoms with Crippen LogP contribution in [0, 0.1) is 11.8 Å². The molecule has 0 saturated carbocycles. The number of esters is 1. The fourth-order valence-electron chi connectivity index (χ4n) is 6.58. The van der Waals surface area contributed by atoms with Crippen molar-refractivity contribution in [3.8, 4) is 0 Å². The van der Waals surface area contributed by atoms with E-state index in [0.29, 0.717) is 24.0 Å². The van der Waals surface area contributed by atoms with Crippen molar-refractivity contribution in [2.75, 3.05) is 6.61 Å². The maximum absolute atomic E-state index is 13.8. The molecule has 40 heavy (non-hydrogen) atoms. The fraction of sp³-hybridized carbons (Fsp3) is 0.719. The van der Waals surface area contributed by atoms with Crippen molar-refractivity contribution >= 4 is 5.97 Å². The van der Waals surface area contributed by atoms with Crippen LogP contribution in [0.2, 0.25) is 0 Å². The molecule has 8 heteroatoms. The summed E-state index contributed by atoms with van der Waals surface area (Å²) in [6.07, 6.45) is 14.0. The second-order valence-corrected chi connectivity index (χ2v) is 12.2. The summed E-state index contributed by atoms with van der Waals surface area (Å²) in [5.41, 5.74) is 0.742. The van der Waals surface area contributed by atoms with E-state index < -0.39 is 29.7 Å². The Morgan fingerprint density at radius 2 is 2.00 bits per heavy atom. The van der Waals surface area contributed by atoms with Gasteiger partial charge in [0.25, 0.3) is 0 Å². The zero-order valence-electron chi connectivity index (χ0n) is 24.5. The first kappa shape index (κ1) is 31.1. The van der Waals surface area contributed by atoms with E-state index >= 15 is 0 Å². The molecule has 7 unspecified atom stereocenters. The molecular formula is C32H48O8. The highest BCUT2D eigenvalue weighted by molar-refractivity contribution is 5.78. The average Bonchev–Trinajstić information content (AvgIpc) is 3.26. The Hall–Kier alpha value is -1.81. The van der Waals surface area contributed by atoms with Gasteiger partial charge in [-0.1, -0.05) is 56.2 Å². The molecule has 3 heterocycles. The van der Waals surface area contributed by atoms with Crippen LogP contribution in [0.5, 0.6) is 0 Å². The molecule has 3 N–H and O–H groups in total. The van der Waals surface area contributed by atoms with Gasteiger partial charge in [-0.15, -0.1) is 0 Å². The van der Waals surface area contributed by atoms with Crippen LogP contribution >= 0.6 is 0 Å². The first-order valence-corrected chi connectivity index (χ1v) is 15.1. The van der Waals surface area contributed by atoms with Gasteiger partial charge < -0.3 is 24.4 Å². The minimum atomic E-state index is -1.70. The van der Waals surface area contributed by atoms with Gasteiger partial charge in [-0.25, -0.2) is 4.89 Å². The lowest BCUT2D eigenvalue weighted by molar-refractivity contribution is -0.300. The van der Waals surface area contributed by atoms with Gasteiger partial charge in [-0.3, -0.25) is 10.1 Å². The standard InChI is InChI=1S/C32H48O8/c1-5-9-28(33)21(3)13-15-25-18-26-17-24(38-25)14-12-20(2)10-7-6-8-11-23-19-37-30-29(40-36)22(4)16-27(31(34)39-26)32(23,30)35/h6,8,11-12,16,21,24-30,33,35-36H,5,7,9-10,13-15,17-19H2,1-4H3/b8-6+,20-12+,23-11+/t21-,24?,25?,26?,27-,28?,29?,30?,32?/m0/s1. The minimum Gasteiger partial charge on any atom is -0.462 e.